The number of aldehydes is 2. The number of rotatable bonds is 18. The van der Waals surface area contributed by atoms with E-state index in [4.69, 9.17) is 4.74 Å². The molecular formula is C40H66N4O8. The monoisotopic (exact) mass is 730 g/mol. The number of hydrogen-bond donors (Lipinski definition) is 4. The second kappa shape index (κ2) is 22.2. The van der Waals surface area contributed by atoms with Crippen LogP contribution in [0.2, 0.25) is 0 Å². The Kier molecular flexibility index (Phi) is 18.5. The van der Waals surface area contributed by atoms with Gasteiger partial charge >= 0.3 is 12.1 Å². The number of likely N-dealkylation sites (tertiary alicyclic amines) is 1. The van der Waals surface area contributed by atoms with Gasteiger partial charge in [0.15, 0.2) is 6.10 Å². The summed E-state index contributed by atoms with van der Waals surface area (Å²) in [5.41, 5.74) is -0.715. The molecule has 1 aliphatic carbocycles. The molecule has 1 saturated carbocycles. The first-order valence-electron chi connectivity index (χ1n) is 19.6. The van der Waals surface area contributed by atoms with E-state index in [1.165, 1.54) is 38.5 Å². The summed E-state index contributed by atoms with van der Waals surface area (Å²) in [5, 5.41) is 34.2. The SMILES string of the molecule is C/C(=C\C=C\[C@@H](C)CNC(=O)N1CCC[C@@H]1CO)[C@@H](C=O)[C@@H](C)/C=C/[C@H](OC(=O)N1CCN(C2CCCCCC2)CC1)[C@@](C)(O)CC[C@H](O)CC=O. The van der Waals surface area contributed by atoms with Crippen molar-refractivity contribution in [2.45, 2.75) is 128 Å². The number of ether oxygens (including phenoxy) is 1. The summed E-state index contributed by atoms with van der Waals surface area (Å²) in [4.78, 5) is 55.1. The van der Waals surface area contributed by atoms with Crippen LogP contribution in [-0.2, 0) is 14.3 Å². The Bertz CT molecular complexity index is 1210. The highest BCUT2D eigenvalue weighted by atomic mass is 16.6. The van der Waals surface area contributed by atoms with E-state index in [9.17, 15) is 34.5 Å². The van der Waals surface area contributed by atoms with Gasteiger partial charge in [-0.15, -0.1) is 0 Å². The van der Waals surface area contributed by atoms with Gasteiger partial charge in [0.1, 0.15) is 18.2 Å². The smallest absolute Gasteiger partial charge is 0.410 e. The fourth-order valence-corrected chi connectivity index (χ4v) is 7.54. The van der Waals surface area contributed by atoms with Crippen molar-refractivity contribution in [3.05, 3.63) is 36.0 Å². The van der Waals surface area contributed by atoms with Crippen LogP contribution in [0.5, 0.6) is 0 Å². The molecule has 52 heavy (non-hydrogen) atoms. The topological polar surface area (TPSA) is 160 Å². The predicted octanol–water partition coefficient (Wildman–Crippen LogP) is 4.63. The molecule has 2 aliphatic heterocycles. The van der Waals surface area contributed by atoms with Gasteiger partial charge in [0.2, 0.25) is 0 Å². The van der Waals surface area contributed by atoms with E-state index in [2.05, 4.69) is 10.2 Å². The van der Waals surface area contributed by atoms with Gasteiger partial charge in [0, 0.05) is 57.6 Å². The minimum atomic E-state index is -1.54. The molecule has 0 aromatic rings. The molecule has 0 spiro atoms. The van der Waals surface area contributed by atoms with E-state index >= 15 is 0 Å². The van der Waals surface area contributed by atoms with Gasteiger partial charge < -0.3 is 44.8 Å². The third-order valence-corrected chi connectivity index (χ3v) is 11.2. The maximum Gasteiger partial charge on any atom is 0.410 e. The van der Waals surface area contributed by atoms with E-state index in [1.807, 2.05) is 39.0 Å². The summed E-state index contributed by atoms with van der Waals surface area (Å²) in [6.45, 7) is 11.0. The Balaban J connectivity index is 1.62. The van der Waals surface area contributed by atoms with E-state index in [1.54, 1.807) is 28.9 Å². The van der Waals surface area contributed by atoms with Crippen LogP contribution in [-0.4, -0.2) is 130 Å². The number of nitrogens with zero attached hydrogens (tertiary/aromatic N) is 3. The lowest BCUT2D eigenvalue weighted by molar-refractivity contribution is -0.111. The Hall–Kier alpha value is -3.06. The van der Waals surface area contributed by atoms with E-state index in [-0.39, 0.29) is 49.8 Å². The summed E-state index contributed by atoms with van der Waals surface area (Å²) in [7, 11) is 0. The highest BCUT2D eigenvalue weighted by Crippen LogP contribution is 2.27. The van der Waals surface area contributed by atoms with E-state index in [0.29, 0.717) is 38.5 Å². The molecule has 12 heteroatoms. The van der Waals surface area contributed by atoms with Crippen LogP contribution < -0.4 is 5.32 Å². The van der Waals surface area contributed by atoms with E-state index < -0.39 is 29.8 Å². The van der Waals surface area contributed by atoms with Crippen molar-refractivity contribution in [1.29, 1.82) is 0 Å². The number of hydrogen-bond acceptors (Lipinski definition) is 9. The van der Waals surface area contributed by atoms with Crippen LogP contribution in [0.3, 0.4) is 0 Å². The zero-order chi connectivity index (χ0) is 38.1. The highest BCUT2D eigenvalue weighted by Gasteiger charge is 2.36. The van der Waals surface area contributed by atoms with Gasteiger partial charge in [-0.3, -0.25) is 4.90 Å². The average molecular weight is 731 g/mol. The van der Waals surface area contributed by atoms with Gasteiger partial charge in [-0.25, -0.2) is 9.59 Å². The zero-order valence-corrected chi connectivity index (χ0v) is 32.0. The number of carbonyl (C=O) groups excluding carboxylic acids is 4. The molecule has 0 radical (unpaired) electrons. The second-order valence-corrected chi connectivity index (χ2v) is 15.5. The van der Waals surface area contributed by atoms with Gasteiger partial charge in [0.05, 0.1) is 18.8 Å². The largest absolute Gasteiger partial charge is 0.439 e. The summed E-state index contributed by atoms with van der Waals surface area (Å²) in [5.74, 6) is -0.730. The first-order valence-corrected chi connectivity index (χ1v) is 19.6. The minimum Gasteiger partial charge on any atom is -0.439 e. The van der Waals surface area contributed by atoms with Crippen molar-refractivity contribution in [1.82, 2.24) is 20.0 Å². The van der Waals surface area contributed by atoms with Crippen molar-refractivity contribution in [3.8, 4) is 0 Å². The molecule has 3 amide bonds. The van der Waals surface area contributed by atoms with Crippen LogP contribution in [0.4, 0.5) is 9.59 Å². The molecule has 0 aromatic carbocycles. The van der Waals surface area contributed by atoms with Gasteiger partial charge in [-0.1, -0.05) is 69.4 Å². The Morgan fingerprint density at radius 3 is 2.29 bits per heavy atom. The summed E-state index contributed by atoms with van der Waals surface area (Å²) < 4.78 is 5.97. The molecule has 2 saturated heterocycles. The van der Waals surface area contributed by atoms with Crippen LogP contribution in [0.1, 0.15) is 98.3 Å². The van der Waals surface area contributed by atoms with Gasteiger partial charge in [-0.05, 0) is 70.3 Å². The Labute approximate surface area is 311 Å². The summed E-state index contributed by atoms with van der Waals surface area (Å²) >= 11 is 0. The number of urea groups is 1. The fourth-order valence-electron chi connectivity index (χ4n) is 7.54. The maximum atomic E-state index is 13.5. The lowest BCUT2D eigenvalue weighted by atomic mass is 9.86. The molecule has 7 atom stereocenters. The highest BCUT2D eigenvalue weighted by molar-refractivity contribution is 5.74. The van der Waals surface area contributed by atoms with Crippen molar-refractivity contribution in [2.75, 3.05) is 45.9 Å². The van der Waals surface area contributed by atoms with Crippen molar-refractivity contribution < 1.29 is 39.2 Å². The molecule has 294 valence electrons. The first kappa shape index (κ1) is 43.3. The molecule has 0 bridgehead atoms. The Morgan fingerprint density at radius 2 is 1.65 bits per heavy atom. The van der Waals surface area contributed by atoms with E-state index in [0.717, 1.165) is 37.8 Å². The minimum absolute atomic E-state index is 0.0337. The molecule has 4 N–H and O–H groups in total. The fraction of sp³-hybridized carbons (Fsp3) is 0.750. The molecule has 2 heterocycles. The number of nitrogens with one attached hydrogen (secondary N) is 1. The van der Waals surface area contributed by atoms with Crippen molar-refractivity contribution in [2.24, 2.45) is 17.8 Å². The van der Waals surface area contributed by atoms with Crippen LogP contribution in [0, 0.1) is 17.8 Å². The zero-order valence-electron chi connectivity index (χ0n) is 32.0. The average Bonchev–Trinajstić information content (AvgIpc) is 3.45. The van der Waals surface area contributed by atoms with Gasteiger partial charge in [-0.2, -0.15) is 0 Å². The molecule has 3 aliphatic rings. The lowest BCUT2D eigenvalue weighted by Crippen LogP contribution is -2.53. The number of carbonyl (C=O) groups is 4. The maximum absolute atomic E-state index is 13.5. The van der Waals surface area contributed by atoms with Crippen LogP contribution >= 0.6 is 0 Å². The lowest BCUT2D eigenvalue weighted by Gasteiger charge is -2.40. The number of aliphatic hydroxyl groups is 3. The summed E-state index contributed by atoms with van der Waals surface area (Å²) in [6.07, 6.45) is 17.6. The van der Waals surface area contributed by atoms with Crippen LogP contribution in [0.25, 0.3) is 0 Å². The van der Waals surface area contributed by atoms with Gasteiger partial charge in [0.25, 0.3) is 0 Å². The number of aliphatic hydroxyl groups excluding tert-OH is 2. The third-order valence-electron chi connectivity index (χ3n) is 11.2. The number of allylic oxidation sites excluding steroid dienone is 4. The predicted molar refractivity (Wildman–Crippen MR) is 202 cm³/mol. The van der Waals surface area contributed by atoms with Crippen LogP contribution in [0.15, 0.2) is 36.0 Å². The van der Waals surface area contributed by atoms with Crippen molar-refractivity contribution in [3.63, 3.8) is 0 Å². The molecule has 0 unspecified atom stereocenters. The number of piperazine rings is 1. The molecule has 0 aromatic heterocycles. The molecular weight excluding hydrogens is 664 g/mol. The molecule has 3 rings (SSSR count). The second-order valence-electron chi connectivity index (χ2n) is 15.5. The molecule has 3 fully saturated rings. The number of amides is 3. The summed E-state index contributed by atoms with van der Waals surface area (Å²) in [6, 6.07) is 0.268. The Morgan fingerprint density at radius 1 is 0.962 bits per heavy atom. The molecule has 12 nitrogen and oxygen atoms in total. The standard InChI is InChI=1S/C40H66N4O8/c1-30(27-41-38(49)44-21-10-15-34(44)28-46)11-9-12-31(2)36(29-47)32(3)16-17-37(40(4,51)20-18-35(48)19-26-45)52-39(50)43-24-22-42(23-25-43)33-13-7-5-6-8-14-33/h9,11-12,16-17,26,29-30,32-37,46,48,51H,5-8,10,13-15,18-25,27-28H2,1-4H3,(H,41,49)/b11-9+,17-16+,31-12+/t30-,32+,34-,35+,36-,37+,40+/m1/s1. The third kappa shape index (κ3) is 13.7. The normalized spacial score (nSPS) is 23.8. The first-order chi connectivity index (χ1) is 24.9. The quantitative estimate of drug-likeness (QED) is 0.0683. The van der Waals surface area contributed by atoms with Crippen molar-refractivity contribution >= 4 is 24.7 Å².